The molecule has 0 spiro atoms. The summed E-state index contributed by atoms with van der Waals surface area (Å²) in [6.45, 7) is 8.80. The van der Waals surface area contributed by atoms with Crippen molar-refractivity contribution in [3.8, 4) is 0 Å². The van der Waals surface area contributed by atoms with Gasteiger partial charge in [0, 0.05) is 4.83 Å². The molecule has 1 aliphatic heterocycles. The van der Waals surface area contributed by atoms with Gasteiger partial charge in [-0.25, -0.2) is 0 Å². The average Bonchev–Trinajstić information content (AvgIpc) is 2.13. The van der Waals surface area contributed by atoms with Crippen LogP contribution < -0.4 is 0 Å². The van der Waals surface area contributed by atoms with Crippen molar-refractivity contribution in [2.24, 2.45) is 11.3 Å². The van der Waals surface area contributed by atoms with Crippen LogP contribution in [-0.2, 0) is 4.74 Å². The summed E-state index contributed by atoms with van der Waals surface area (Å²) in [6, 6.07) is 0. The van der Waals surface area contributed by atoms with Gasteiger partial charge in [-0.15, -0.1) is 0 Å². The van der Waals surface area contributed by atoms with Crippen LogP contribution in [0.15, 0.2) is 0 Å². The third-order valence-electron chi connectivity index (χ3n) is 4.60. The maximum Gasteiger partial charge on any atom is 0.0959 e. The minimum Gasteiger partial charge on any atom is -0.389 e. The second-order valence-corrected chi connectivity index (χ2v) is 7.57. The van der Waals surface area contributed by atoms with Crippen LogP contribution in [0.5, 0.6) is 0 Å². The quantitative estimate of drug-likeness (QED) is 0.695. The van der Waals surface area contributed by atoms with Crippen molar-refractivity contribution >= 4 is 15.9 Å². The highest BCUT2D eigenvalue weighted by molar-refractivity contribution is 9.09. The van der Waals surface area contributed by atoms with E-state index in [1.807, 2.05) is 0 Å². The summed E-state index contributed by atoms with van der Waals surface area (Å²) in [5.41, 5.74) is -0.143. The summed E-state index contributed by atoms with van der Waals surface area (Å²) in [4.78, 5) is 0.147. The van der Waals surface area contributed by atoms with Crippen molar-refractivity contribution in [1.82, 2.24) is 0 Å². The van der Waals surface area contributed by atoms with Gasteiger partial charge in [0.2, 0.25) is 0 Å². The van der Waals surface area contributed by atoms with Crippen molar-refractivity contribution in [1.29, 1.82) is 0 Å². The first kappa shape index (κ1) is 12.8. The molecular formula is C13H23BrO2. The van der Waals surface area contributed by atoms with Crippen LogP contribution >= 0.6 is 15.9 Å². The normalized spacial score (nSPS) is 52.1. The van der Waals surface area contributed by atoms with E-state index < -0.39 is 6.10 Å². The maximum atomic E-state index is 10.4. The molecule has 1 saturated heterocycles. The van der Waals surface area contributed by atoms with Gasteiger partial charge in [0.05, 0.1) is 17.8 Å². The van der Waals surface area contributed by atoms with Crippen LogP contribution in [0.3, 0.4) is 0 Å². The largest absolute Gasteiger partial charge is 0.389 e. The standard InChI is InChI=1S/C13H23BrO2/c1-8-5-6-10-12(2,3)7-9(14)11(15)13(10,4)16-8/h8-11,15H,5-7H2,1-4H3/t8-,9-,10+,11+,13+/m0/s1. The van der Waals surface area contributed by atoms with Crippen LogP contribution in [0.2, 0.25) is 0 Å². The molecule has 1 aliphatic carbocycles. The van der Waals surface area contributed by atoms with Gasteiger partial charge in [0.25, 0.3) is 0 Å². The lowest BCUT2D eigenvalue weighted by Crippen LogP contribution is -2.63. The second kappa shape index (κ2) is 3.96. The minimum absolute atomic E-state index is 0.147. The summed E-state index contributed by atoms with van der Waals surface area (Å²) in [5, 5.41) is 10.4. The van der Waals surface area contributed by atoms with Gasteiger partial charge in [-0.3, -0.25) is 0 Å². The molecule has 1 N–H and O–H groups in total. The SMILES string of the molecule is C[C@H]1CC[C@@H]2C(C)(C)C[C@H](Br)[C@@H](O)[C@]2(C)O1. The van der Waals surface area contributed by atoms with E-state index in [1.54, 1.807) is 0 Å². The second-order valence-electron chi connectivity index (χ2n) is 6.40. The summed E-state index contributed by atoms with van der Waals surface area (Å²) in [6.07, 6.45) is 3.18. The highest BCUT2D eigenvalue weighted by Gasteiger charge is 2.57. The fraction of sp³-hybridized carbons (Fsp3) is 1.00. The van der Waals surface area contributed by atoms with Gasteiger partial charge in [-0.05, 0) is 44.4 Å². The lowest BCUT2D eigenvalue weighted by molar-refractivity contribution is -0.237. The van der Waals surface area contributed by atoms with E-state index in [9.17, 15) is 5.11 Å². The highest BCUT2D eigenvalue weighted by Crippen LogP contribution is 2.54. The topological polar surface area (TPSA) is 29.5 Å². The van der Waals surface area contributed by atoms with E-state index in [-0.39, 0.29) is 21.9 Å². The Labute approximate surface area is 107 Å². The predicted octanol–water partition coefficient (Wildman–Crippen LogP) is 3.11. The van der Waals surface area contributed by atoms with Crippen molar-refractivity contribution in [3.05, 3.63) is 0 Å². The molecule has 2 aliphatic rings. The molecule has 0 aromatic rings. The van der Waals surface area contributed by atoms with Crippen LogP contribution in [0.4, 0.5) is 0 Å². The van der Waals surface area contributed by atoms with Crippen LogP contribution in [0, 0.1) is 11.3 Å². The van der Waals surface area contributed by atoms with Gasteiger partial charge in [0.1, 0.15) is 0 Å². The lowest BCUT2D eigenvalue weighted by Gasteiger charge is -2.58. The summed E-state index contributed by atoms with van der Waals surface area (Å²) in [5.74, 6) is 0.458. The number of aliphatic hydroxyl groups excluding tert-OH is 1. The molecule has 1 heterocycles. The van der Waals surface area contributed by atoms with Crippen LogP contribution in [0.25, 0.3) is 0 Å². The van der Waals surface area contributed by atoms with Crippen molar-refractivity contribution in [2.45, 2.75) is 69.6 Å². The number of halogens is 1. The molecule has 0 unspecified atom stereocenters. The third kappa shape index (κ3) is 1.85. The Morgan fingerprint density at radius 2 is 1.88 bits per heavy atom. The Kier molecular flexibility index (Phi) is 3.18. The van der Waals surface area contributed by atoms with E-state index in [1.165, 1.54) is 6.42 Å². The molecule has 2 fully saturated rings. The lowest BCUT2D eigenvalue weighted by atomic mass is 9.58. The first-order valence-electron chi connectivity index (χ1n) is 6.27. The van der Waals surface area contributed by atoms with Crippen molar-refractivity contribution < 1.29 is 9.84 Å². The Morgan fingerprint density at radius 1 is 1.25 bits per heavy atom. The molecule has 0 amide bonds. The highest BCUT2D eigenvalue weighted by atomic mass is 79.9. The first-order valence-corrected chi connectivity index (χ1v) is 7.19. The zero-order valence-corrected chi connectivity index (χ0v) is 12.3. The number of fused-ring (bicyclic) bond motifs is 1. The molecule has 0 aromatic carbocycles. The summed E-state index contributed by atoms with van der Waals surface area (Å²) >= 11 is 3.62. The molecule has 0 bridgehead atoms. The summed E-state index contributed by atoms with van der Waals surface area (Å²) in [7, 11) is 0. The molecule has 16 heavy (non-hydrogen) atoms. The monoisotopic (exact) mass is 290 g/mol. The molecule has 94 valence electrons. The van der Waals surface area contributed by atoms with Crippen molar-refractivity contribution in [2.75, 3.05) is 0 Å². The Hall–Kier alpha value is 0.400. The van der Waals surface area contributed by atoms with Gasteiger partial charge in [0.15, 0.2) is 0 Å². The fourth-order valence-electron chi connectivity index (χ4n) is 3.82. The number of hydrogen-bond acceptors (Lipinski definition) is 2. The number of hydrogen-bond donors (Lipinski definition) is 1. The van der Waals surface area contributed by atoms with Gasteiger partial charge < -0.3 is 9.84 Å². The smallest absolute Gasteiger partial charge is 0.0959 e. The molecule has 0 radical (unpaired) electrons. The van der Waals surface area contributed by atoms with E-state index in [4.69, 9.17) is 4.74 Å². The molecule has 3 heteroatoms. The van der Waals surface area contributed by atoms with E-state index in [0.717, 1.165) is 12.8 Å². The third-order valence-corrected chi connectivity index (χ3v) is 5.43. The number of alkyl halides is 1. The average molecular weight is 291 g/mol. The molecule has 1 saturated carbocycles. The van der Waals surface area contributed by atoms with Gasteiger partial charge >= 0.3 is 0 Å². The molecule has 5 atom stereocenters. The molecule has 2 rings (SSSR count). The van der Waals surface area contributed by atoms with E-state index in [0.29, 0.717) is 5.92 Å². The van der Waals surface area contributed by atoms with E-state index in [2.05, 4.69) is 43.6 Å². The van der Waals surface area contributed by atoms with Crippen molar-refractivity contribution in [3.63, 3.8) is 0 Å². The fourth-order valence-corrected chi connectivity index (χ4v) is 5.18. The molecular weight excluding hydrogens is 268 g/mol. The molecule has 2 nitrogen and oxygen atoms in total. The van der Waals surface area contributed by atoms with E-state index >= 15 is 0 Å². The number of rotatable bonds is 0. The van der Waals surface area contributed by atoms with Gasteiger partial charge in [-0.1, -0.05) is 29.8 Å². The Bertz CT molecular complexity index is 279. The first-order chi connectivity index (χ1) is 7.27. The zero-order valence-electron chi connectivity index (χ0n) is 10.7. The summed E-state index contributed by atoms with van der Waals surface area (Å²) < 4.78 is 6.12. The zero-order chi connectivity index (χ0) is 12.1. The molecule has 0 aromatic heterocycles. The predicted molar refractivity (Wildman–Crippen MR) is 68.8 cm³/mol. The Morgan fingerprint density at radius 3 is 2.50 bits per heavy atom. The van der Waals surface area contributed by atoms with Crippen LogP contribution in [-0.4, -0.2) is 27.7 Å². The van der Waals surface area contributed by atoms with Crippen LogP contribution in [0.1, 0.15) is 47.0 Å². The minimum atomic E-state index is -0.395. The number of ether oxygens (including phenoxy) is 1. The Balaban J connectivity index is 2.33. The van der Waals surface area contributed by atoms with Gasteiger partial charge in [-0.2, -0.15) is 0 Å². The number of aliphatic hydroxyl groups is 1. The maximum absolute atomic E-state index is 10.4.